The summed E-state index contributed by atoms with van der Waals surface area (Å²) in [6.45, 7) is 0. The summed E-state index contributed by atoms with van der Waals surface area (Å²) in [5.41, 5.74) is 3.84. The average molecular weight is 290 g/mol. The lowest BCUT2D eigenvalue weighted by Gasteiger charge is -2.19. The maximum atomic E-state index is 12.2. The average Bonchev–Trinajstić information content (AvgIpc) is 2.92. The molecular formula is C13H14N4O4. The quantitative estimate of drug-likeness (QED) is 0.470. The van der Waals surface area contributed by atoms with Crippen molar-refractivity contribution in [3.63, 3.8) is 0 Å². The highest BCUT2D eigenvalue weighted by Gasteiger charge is 2.56. The fraction of sp³-hybridized carbons (Fsp3) is 0.385. The molecule has 8 heteroatoms. The standard InChI is InChI=1S/C13H14N4O4/c1-15-12(18)9-10(14-16(2)11(9)13(15)19)7-3-5-8(6-4-7)17(20)21/h3-6,9-11,14H,1-2H3. The highest BCUT2D eigenvalue weighted by molar-refractivity contribution is 6.07. The van der Waals surface area contributed by atoms with E-state index in [2.05, 4.69) is 5.43 Å². The fourth-order valence-electron chi connectivity index (χ4n) is 3.02. The third-order valence-electron chi connectivity index (χ3n) is 4.12. The van der Waals surface area contributed by atoms with E-state index in [1.54, 1.807) is 24.2 Å². The largest absolute Gasteiger partial charge is 0.284 e. The number of rotatable bonds is 2. The van der Waals surface area contributed by atoms with E-state index in [1.807, 2.05) is 0 Å². The molecule has 2 heterocycles. The second-order valence-corrected chi connectivity index (χ2v) is 5.27. The number of hydrogen-bond acceptors (Lipinski definition) is 6. The molecule has 3 unspecified atom stereocenters. The zero-order valence-electron chi connectivity index (χ0n) is 11.5. The highest BCUT2D eigenvalue weighted by atomic mass is 16.6. The molecule has 2 aliphatic heterocycles. The molecule has 3 atom stereocenters. The van der Waals surface area contributed by atoms with Crippen molar-refractivity contribution < 1.29 is 14.5 Å². The van der Waals surface area contributed by atoms with E-state index < -0.39 is 16.9 Å². The summed E-state index contributed by atoms with van der Waals surface area (Å²) in [4.78, 5) is 35.6. The summed E-state index contributed by atoms with van der Waals surface area (Å²) in [5, 5.41) is 12.3. The lowest BCUT2D eigenvalue weighted by molar-refractivity contribution is -0.384. The van der Waals surface area contributed by atoms with E-state index >= 15 is 0 Å². The number of nitro benzene ring substituents is 1. The monoisotopic (exact) mass is 290 g/mol. The van der Waals surface area contributed by atoms with Crippen molar-refractivity contribution >= 4 is 17.5 Å². The summed E-state index contributed by atoms with van der Waals surface area (Å²) in [6, 6.07) is 5.14. The molecule has 0 spiro atoms. The SMILES string of the molecule is CN1C(=O)C2C(c3ccc([N+](=O)[O-])cc3)NN(C)C2C1=O. The minimum absolute atomic E-state index is 0.00686. The Morgan fingerprint density at radius 2 is 1.76 bits per heavy atom. The fourth-order valence-corrected chi connectivity index (χ4v) is 3.02. The van der Waals surface area contributed by atoms with Gasteiger partial charge in [-0.05, 0) is 5.56 Å². The molecule has 2 fully saturated rings. The van der Waals surface area contributed by atoms with Crippen molar-refractivity contribution in [2.75, 3.05) is 14.1 Å². The Bertz CT molecular complexity index is 630. The third kappa shape index (κ3) is 1.91. The van der Waals surface area contributed by atoms with Gasteiger partial charge in [-0.3, -0.25) is 24.6 Å². The second-order valence-electron chi connectivity index (χ2n) is 5.27. The third-order valence-corrected chi connectivity index (χ3v) is 4.12. The minimum Gasteiger partial charge on any atom is -0.284 e. The molecule has 0 saturated carbocycles. The van der Waals surface area contributed by atoms with Crippen LogP contribution in [0.3, 0.4) is 0 Å². The zero-order chi connectivity index (χ0) is 15.3. The molecule has 0 aliphatic carbocycles. The zero-order valence-corrected chi connectivity index (χ0v) is 11.5. The smallest absolute Gasteiger partial charge is 0.269 e. The molecule has 21 heavy (non-hydrogen) atoms. The number of likely N-dealkylation sites (tertiary alicyclic amines) is 1. The number of hydrogen-bond donors (Lipinski definition) is 1. The lowest BCUT2D eigenvalue weighted by atomic mass is 9.91. The predicted molar refractivity (Wildman–Crippen MR) is 71.8 cm³/mol. The van der Waals surface area contributed by atoms with Gasteiger partial charge in [-0.1, -0.05) is 12.1 Å². The first-order valence-corrected chi connectivity index (χ1v) is 6.46. The number of nitrogens with zero attached hydrogens (tertiary/aromatic N) is 3. The number of amides is 2. The Balaban J connectivity index is 1.94. The van der Waals surface area contributed by atoms with Gasteiger partial charge in [0, 0.05) is 26.2 Å². The maximum absolute atomic E-state index is 12.2. The molecule has 8 nitrogen and oxygen atoms in total. The van der Waals surface area contributed by atoms with E-state index in [1.165, 1.54) is 19.2 Å². The van der Waals surface area contributed by atoms with Crippen molar-refractivity contribution in [2.45, 2.75) is 12.1 Å². The Labute approximate surface area is 120 Å². The van der Waals surface area contributed by atoms with Crippen LogP contribution in [0, 0.1) is 16.0 Å². The number of fused-ring (bicyclic) bond motifs is 1. The number of nitro groups is 1. The molecule has 2 saturated heterocycles. The van der Waals surface area contributed by atoms with Crippen LogP contribution in [0.4, 0.5) is 5.69 Å². The van der Waals surface area contributed by atoms with Crippen LogP contribution in [0.15, 0.2) is 24.3 Å². The van der Waals surface area contributed by atoms with Crippen molar-refractivity contribution in [3.05, 3.63) is 39.9 Å². The predicted octanol–water partition coefficient (Wildman–Crippen LogP) is 0.0693. The van der Waals surface area contributed by atoms with Gasteiger partial charge >= 0.3 is 0 Å². The van der Waals surface area contributed by atoms with Gasteiger partial charge in [-0.25, -0.2) is 10.4 Å². The van der Waals surface area contributed by atoms with E-state index in [9.17, 15) is 19.7 Å². The van der Waals surface area contributed by atoms with E-state index in [-0.39, 0.29) is 23.5 Å². The molecule has 1 N–H and O–H groups in total. The van der Waals surface area contributed by atoms with Crippen molar-refractivity contribution in [3.8, 4) is 0 Å². The molecule has 0 aromatic heterocycles. The number of carbonyl (C=O) groups is 2. The summed E-state index contributed by atoms with van der Waals surface area (Å²) in [5.74, 6) is -0.969. The molecule has 110 valence electrons. The van der Waals surface area contributed by atoms with E-state index in [0.717, 1.165) is 10.5 Å². The van der Waals surface area contributed by atoms with Gasteiger partial charge in [0.2, 0.25) is 11.8 Å². The topological polar surface area (TPSA) is 95.8 Å². The van der Waals surface area contributed by atoms with Gasteiger partial charge in [0.1, 0.15) is 6.04 Å². The van der Waals surface area contributed by atoms with Gasteiger partial charge in [-0.15, -0.1) is 0 Å². The van der Waals surface area contributed by atoms with Crippen LogP contribution in [-0.4, -0.2) is 46.8 Å². The number of carbonyl (C=O) groups excluding carboxylic acids is 2. The van der Waals surface area contributed by atoms with E-state index in [4.69, 9.17) is 0 Å². The first kappa shape index (κ1) is 13.7. The Kier molecular flexibility index (Phi) is 2.99. The molecule has 0 radical (unpaired) electrons. The molecule has 2 aliphatic rings. The number of imide groups is 1. The molecule has 2 amide bonds. The lowest BCUT2D eigenvalue weighted by Crippen LogP contribution is -2.41. The number of non-ortho nitro benzene ring substituents is 1. The number of benzene rings is 1. The van der Waals surface area contributed by atoms with Gasteiger partial charge in [0.05, 0.1) is 16.9 Å². The van der Waals surface area contributed by atoms with Gasteiger partial charge < -0.3 is 0 Å². The van der Waals surface area contributed by atoms with Gasteiger partial charge in [0.15, 0.2) is 0 Å². The van der Waals surface area contributed by atoms with Crippen LogP contribution in [0.1, 0.15) is 11.6 Å². The number of hydrazine groups is 1. The Morgan fingerprint density at radius 1 is 1.14 bits per heavy atom. The summed E-state index contributed by atoms with van der Waals surface area (Å²) in [7, 11) is 3.19. The van der Waals surface area contributed by atoms with Crippen molar-refractivity contribution in [1.82, 2.24) is 15.3 Å². The summed E-state index contributed by atoms with van der Waals surface area (Å²) >= 11 is 0. The van der Waals surface area contributed by atoms with Crippen LogP contribution in [0.5, 0.6) is 0 Å². The van der Waals surface area contributed by atoms with Gasteiger partial charge in [0.25, 0.3) is 5.69 Å². The minimum atomic E-state index is -0.525. The Hall–Kier alpha value is -2.32. The molecule has 0 bridgehead atoms. The van der Waals surface area contributed by atoms with Crippen LogP contribution < -0.4 is 5.43 Å². The van der Waals surface area contributed by atoms with E-state index in [0.29, 0.717) is 0 Å². The first-order valence-electron chi connectivity index (χ1n) is 6.46. The molecule has 3 rings (SSSR count). The first-order chi connectivity index (χ1) is 9.91. The second kappa shape index (κ2) is 4.61. The van der Waals surface area contributed by atoms with Crippen molar-refractivity contribution in [2.24, 2.45) is 5.92 Å². The Morgan fingerprint density at radius 3 is 2.33 bits per heavy atom. The van der Waals surface area contributed by atoms with Crippen LogP contribution in [0.2, 0.25) is 0 Å². The van der Waals surface area contributed by atoms with Crippen LogP contribution in [-0.2, 0) is 9.59 Å². The maximum Gasteiger partial charge on any atom is 0.269 e. The number of nitrogens with one attached hydrogen (secondary N) is 1. The normalized spacial score (nSPS) is 29.0. The van der Waals surface area contributed by atoms with Crippen LogP contribution >= 0.6 is 0 Å². The van der Waals surface area contributed by atoms with Crippen LogP contribution in [0.25, 0.3) is 0 Å². The summed E-state index contributed by atoms with van der Waals surface area (Å²) in [6.07, 6.45) is 0. The molecular weight excluding hydrogens is 276 g/mol. The molecule has 1 aromatic carbocycles. The van der Waals surface area contributed by atoms with Gasteiger partial charge in [-0.2, -0.15) is 0 Å². The summed E-state index contributed by atoms with van der Waals surface area (Å²) < 4.78 is 0. The van der Waals surface area contributed by atoms with Crippen molar-refractivity contribution in [1.29, 1.82) is 0 Å². The highest BCUT2D eigenvalue weighted by Crippen LogP contribution is 2.39. The molecule has 1 aromatic rings. The number of likely N-dealkylation sites (N-methyl/N-ethyl adjacent to an activating group) is 2.